The molecule has 0 radical (unpaired) electrons. The Kier molecular flexibility index (Phi) is 5.64. The Balaban J connectivity index is 1.44. The average Bonchev–Trinajstić information content (AvgIpc) is 3.19. The number of fused-ring (bicyclic) bond motifs is 1. The Labute approximate surface area is 172 Å². The SMILES string of the molecule is O=C(O)NC1CCC(Nc2cc(NC(=O)Nc3ccccc3)c3nccn3n2)CC1. The van der Waals surface area contributed by atoms with Crippen molar-refractivity contribution >= 4 is 35.0 Å². The summed E-state index contributed by atoms with van der Waals surface area (Å²) in [4.78, 5) is 27.5. The topological polar surface area (TPSA) is 133 Å². The Hall–Kier alpha value is -3.82. The standard InChI is InChI=1S/C20H23N7O3/c28-19(23-13-4-2-1-3-5-13)25-16-12-17(26-27-11-10-21-18(16)27)22-14-6-8-15(9-7-14)24-20(29)30/h1-5,10-12,14-15,24H,6-9H2,(H,22,26)(H,29,30)(H2,23,25,28). The van der Waals surface area contributed by atoms with Crippen molar-refractivity contribution in [3.8, 4) is 0 Å². The van der Waals surface area contributed by atoms with Gasteiger partial charge < -0.3 is 26.4 Å². The molecule has 1 fully saturated rings. The highest BCUT2D eigenvalue weighted by Crippen LogP contribution is 2.24. The van der Waals surface area contributed by atoms with E-state index in [9.17, 15) is 9.59 Å². The average molecular weight is 409 g/mol. The number of urea groups is 1. The van der Waals surface area contributed by atoms with E-state index in [2.05, 4.69) is 31.3 Å². The lowest BCUT2D eigenvalue weighted by molar-refractivity contribution is 0.185. The molecule has 0 atom stereocenters. The van der Waals surface area contributed by atoms with Crippen LogP contribution in [0.5, 0.6) is 0 Å². The fourth-order valence-electron chi connectivity index (χ4n) is 3.65. The van der Waals surface area contributed by atoms with Crippen LogP contribution in [-0.4, -0.2) is 43.9 Å². The van der Waals surface area contributed by atoms with Gasteiger partial charge in [0.15, 0.2) is 5.65 Å². The Morgan fingerprint density at radius 3 is 2.50 bits per heavy atom. The van der Waals surface area contributed by atoms with E-state index in [1.165, 1.54) is 0 Å². The smallest absolute Gasteiger partial charge is 0.404 e. The van der Waals surface area contributed by atoms with E-state index in [0.29, 0.717) is 22.8 Å². The van der Waals surface area contributed by atoms with Gasteiger partial charge in [-0.2, -0.15) is 0 Å². The number of carboxylic acid groups (broad SMARTS) is 1. The van der Waals surface area contributed by atoms with Gasteiger partial charge >= 0.3 is 12.1 Å². The molecule has 1 aliphatic rings. The number of rotatable bonds is 5. The van der Waals surface area contributed by atoms with E-state index in [-0.39, 0.29) is 18.1 Å². The quantitative estimate of drug-likeness (QED) is 0.439. The minimum absolute atomic E-state index is 0.0106. The lowest BCUT2D eigenvalue weighted by Crippen LogP contribution is -2.39. The summed E-state index contributed by atoms with van der Waals surface area (Å²) in [6.45, 7) is 0. The van der Waals surface area contributed by atoms with Crippen LogP contribution < -0.4 is 21.3 Å². The van der Waals surface area contributed by atoms with Crippen LogP contribution in [0.4, 0.5) is 26.8 Å². The monoisotopic (exact) mass is 409 g/mol. The number of nitrogens with zero attached hydrogens (tertiary/aromatic N) is 3. The number of amides is 3. The summed E-state index contributed by atoms with van der Waals surface area (Å²) in [5.74, 6) is 0.616. The fourth-order valence-corrected chi connectivity index (χ4v) is 3.65. The highest BCUT2D eigenvalue weighted by atomic mass is 16.4. The fraction of sp³-hybridized carbons (Fsp3) is 0.300. The third kappa shape index (κ3) is 4.77. The van der Waals surface area contributed by atoms with Crippen molar-refractivity contribution in [1.29, 1.82) is 0 Å². The van der Waals surface area contributed by atoms with Gasteiger partial charge in [0.25, 0.3) is 0 Å². The summed E-state index contributed by atoms with van der Waals surface area (Å²) >= 11 is 0. The van der Waals surface area contributed by atoms with Gasteiger partial charge in [0, 0.05) is 36.2 Å². The molecule has 0 spiro atoms. The number of aromatic nitrogens is 3. The molecule has 0 bridgehead atoms. The number of hydrogen-bond donors (Lipinski definition) is 5. The van der Waals surface area contributed by atoms with E-state index in [1.807, 2.05) is 18.2 Å². The Morgan fingerprint density at radius 2 is 1.77 bits per heavy atom. The molecule has 4 rings (SSSR count). The van der Waals surface area contributed by atoms with Gasteiger partial charge in [-0.3, -0.25) is 0 Å². The molecule has 1 aliphatic carbocycles. The van der Waals surface area contributed by atoms with Gasteiger partial charge in [-0.25, -0.2) is 19.1 Å². The number of para-hydroxylation sites is 1. The second-order valence-electron chi connectivity index (χ2n) is 7.23. The summed E-state index contributed by atoms with van der Waals surface area (Å²) in [5.41, 5.74) is 1.76. The van der Waals surface area contributed by atoms with Crippen molar-refractivity contribution in [2.75, 3.05) is 16.0 Å². The van der Waals surface area contributed by atoms with Crippen molar-refractivity contribution in [3.05, 3.63) is 48.8 Å². The first kappa shape index (κ1) is 19.5. The Bertz CT molecular complexity index is 1030. The molecule has 0 aliphatic heterocycles. The Morgan fingerprint density at radius 1 is 1.03 bits per heavy atom. The first-order valence-electron chi connectivity index (χ1n) is 9.80. The normalized spacial score (nSPS) is 18.5. The number of benzene rings is 1. The molecule has 30 heavy (non-hydrogen) atoms. The summed E-state index contributed by atoms with van der Waals surface area (Å²) in [6.07, 6.45) is 5.54. The first-order valence-corrected chi connectivity index (χ1v) is 9.80. The van der Waals surface area contributed by atoms with Crippen molar-refractivity contribution < 1.29 is 14.7 Å². The largest absolute Gasteiger partial charge is 0.465 e. The third-order valence-corrected chi connectivity index (χ3v) is 5.05. The molecule has 10 heteroatoms. The number of anilines is 3. The maximum absolute atomic E-state index is 12.4. The summed E-state index contributed by atoms with van der Waals surface area (Å²) in [5, 5.41) is 24.9. The van der Waals surface area contributed by atoms with Crippen LogP contribution in [0.2, 0.25) is 0 Å². The summed E-state index contributed by atoms with van der Waals surface area (Å²) < 4.78 is 1.61. The number of carbonyl (C=O) groups is 2. The maximum atomic E-state index is 12.4. The highest BCUT2D eigenvalue weighted by Gasteiger charge is 2.23. The van der Waals surface area contributed by atoms with E-state index in [4.69, 9.17) is 5.11 Å². The molecule has 2 heterocycles. The molecule has 156 valence electrons. The van der Waals surface area contributed by atoms with Crippen LogP contribution >= 0.6 is 0 Å². The van der Waals surface area contributed by atoms with E-state index >= 15 is 0 Å². The summed E-state index contributed by atoms with van der Waals surface area (Å²) in [7, 11) is 0. The summed E-state index contributed by atoms with van der Waals surface area (Å²) in [6, 6.07) is 10.7. The number of carbonyl (C=O) groups excluding carboxylic acids is 1. The second kappa shape index (κ2) is 8.68. The van der Waals surface area contributed by atoms with E-state index < -0.39 is 6.09 Å². The van der Waals surface area contributed by atoms with Crippen LogP contribution in [-0.2, 0) is 0 Å². The van der Waals surface area contributed by atoms with Crippen LogP contribution in [0.3, 0.4) is 0 Å². The van der Waals surface area contributed by atoms with Crippen LogP contribution in [0, 0.1) is 0 Å². The van der Waals surface area contributed by atoms with E-state index in [0.717, 1.165) is 25.7 Å². The maximum Gasteiger partial charge on any atom is 0.404 e. The van der Waals surface area contributed by atoms with Gasteiger partial charge in [-0.1, -0.05) is 18.2 Å². The van der Waals surface area contributed by atoms with Crippen LogP contribution in [0.25, 0.3) is 5.65 Å². The lowest BCUT2D eigenvalue weighted by atomic mass is 9.91. The lowest BCUT2D eigenvalue weighted by Gasteiger charge is -2.29. The molecule has 0 unspecified atom stereocenters. The molecule has 1 saturated carbocycles. The van der Waals surface area contributed by atoms with Crippen LogP contribution in [0.15, 0.2) is 48.8 Å². The highest BCUT2D eigenvalue weighted by molar-refractivity contribution is 6.02. The van der Waals surface area contributed by atoms with E-state index in [1.54, 1.807) is 35.1 Å². The van der Waals surface area contributed by atoms with Gasteiger partial charge in [0.05, 0.1) is 5.69 Å². The predicted molar refractivity (Wildman–Crippen MR) is 113 cm³/mol. The molecule has 3 aromatic rings. The minimum atomic E-state index is -0.983. The molecule has 1 aromatic carbocycles. The van der Waals surface area contributed by atoms with Crippen molar-refractivity contribution in [1.82, 2.24) is 19.9 Å². The van der Waals surface area contributed by atoms with Crippen LogP contribution in [0.1, 0.15) is 25.7 Å². The molecule has 5 N–H and O–H groups in total. The molecule has 0 saturated heterocycles. The number of hydrogen-bond acceptors (Lipinski definition) is 5. The van der Waals surface area contributed by atoms with Gasteiger partial charge in [0.1, 0.15) is 5.82 Å². The zero-order valence-electron chi connectivity index (χ0n) is 16.2. The molecule has 2 aromatic heterocycles. The van der Waals surface area contributed by atoms with Gasteiger partial charge in [-0.05, 0) is 37.8 Å². The molecular weight excluding hydrogens is 386 g/mol. The van der Waals surface area contributed by atoms with Gasteiger partial charge in [0.2, 0.25) is 0 Å². The van der Waals surface area contributed by atoms with Crippen molar-refractivity contribution in [3.63, 3.8) is 0 Å². The van der Waals surface area contributed by atoms with Gasteiger partial charge in [-0.15, -0.1) is 5.10 Å². The minimum Gasteiger partial charge on any atom is -0.465 e. The van der Waals surface area contributed by atoms with Crippen molar-refractivity contribution in [2.45, 2.75) is 37.8 Å². The number of nitrogens with one attached hydrogen (secondary N) is 4. The zero-order chi connectivity index (χ0) is 20.9. The first-order chi connectivity index (χ1) is 14.6. The molecule has 10 nitrogen and oxygen atoms in total. The third-order valence-electron chi connectivity index (χ3n) is 5.05. The predicted octanol–water partition coefficient (Wildman–Crippen LogP) is 3.36. The van der Waals surface area contributed by atoms with Crippen molar-refractivity contribution in [2.24, 2.45) is 0 Å². The second-order valence-corrected chi connectivity index (χ2v) is 7.23. The molecular formula is C20H23N7O3. The molecule has 3 amide bonds. The number of imidazole rings is 1. The zero-order valence-corrected chi connectivity index (χ0v) is 16.2.